The van der Waals surface area contributed by atoms with Crippen molar-refractivity contribution >= 4 is 21.5 Å². The van der Waals surface area contributed by atoms with Gasteiger partial charge in [-0.2, -0.15) is 8.42 Å². The SMILES string of the molecule is CCOc1cc(C2=NS(=O)(=O)c3ccccc3N2)ccc1OCc1ccc(F)cc1. The van der Waals surface area contributed by atoms with E-state index in [0.29, 0.717) is 29.4 Å². The van der Waals surface area contributed by atoms with E-state index >= 15 is 0 Å². The molecule has 1 heterocycles. The van der Waals surface area contributed by atoms with E-state index in [1.807, 2.05) is 6.92 Å². The van der Waals surface area contributed by atoms with Gasteiger partial charge in [0, 0.05) is 5.56 Å². The van der Waals surface area contributed by atoms with Crippen molar-refractivity contribution in [3.8, 4) is 11.5 Å². The number of hydrogen-bond donors (Lipinski definition) is 1. The van der Waals surface area contributed by atoms with E-state index in [0.717, 1.165) is 5.56 Å². The topological polar surface area (TPSA) is 77.0 Å². The highest BCUT2D eigenvalue weighted by Crippen LogP contribution is 2.32. The molecule has 4 rings (SSSR count). The van der Waals surface area contributed by atoms with Gasteiger partial charge in [0.1, 0.15) is 17.3 Å². The van der Waals surface area contributed by atoms with Gasteiger partial charge in [0.25, 0.3) is 10.0 Å². The van der Waals surface area contributed by atoms with Gasteiger partial charge < -0.3 is 14.8 Å². The van der Waals surface area contributed by atoms with Crippen molar-refractivity contribution in [3.63, 3.8) is 0 Å². The zero-order valence-electron chi connectivity index (χ0n) is 16.1. The molecule has 0 aliphatic carbocycles. The highest BCUT2D eigenvalue weighted by atomic mass is 32.2. The molecule has 0 spiro atoms. The molecule has 154 valence electrons. The van der Waals surface area contributed by atoms with Crippen molar-refractivity contribution < 1.29 is 22.3 Å². The Labute approximate surface area is 174 Å². The quantitative estimate of drug-likeness (QED) is 0.634. The Balaban J connectivity index is 1.62. The first kappa shape index (κ1) is 19.9. The number of benzene rings is 3. The van der Waals surface area contributed by atoms with E-state index in [1.54, 1.807) is 48.5 Å². The van der Waals surface area contributed by atoms with Gasteiger partial charge in [0.2, 0.25) is 0 Å². The number of nitrogens with zero attached hydrogens (tertiary/aromatic N) is 1. The number of para-hydroxylation sites is 1. The Hall–Kier alpha value is -3.39. The average Bonchev–Trinajstić information content (AvgIpc) is 2.74. The van der Waals surface area contributed by atoms with Crippen LogP contribution in [-0.2, 0) is 16.6 Å². The van der Waals surface area contributed by atoms with Crippen molar-refractivity contribution in [2.45, 2.75) is 18.4 Å². The van der Waals surface area contributed by atoms with Crippen molar-refractivity contribution in [1.29, 1.82) is 0 Å². The number of ether oxygens (including phenoxy) is 2. The lowest BCUT2D eigenvalue weighted by atomic mass is 10.1. The molecule has 30 heavy (non-hydrogen) atoms. The molecule has 6 nitrogen and oxygen atoms in total. The van der Waals surface area contributed by atoms with E-state index in [-0.39, 0.29) is 23.2 Å². The number of fused-ring (bicyclic) bond motifs is 1. The van der Waals surface area contributed by atoms with Gasteiger partial charge in [0.15, 0.2) is 17.3 Å². The van der Waals surface area contributed by atoms with Crippen LogP contribution in [0.5, 0.6) is 11.5 Å². The summed E-state index contributed by atoms with van der Waals surface area (Å²) in [6.45, 7) is 2.48. The van der Waals surface area contributed by atoms with Crippen LogP contribution in [-0.4, -0.2) is 20.9 Å². The summed E-state index contributed by atoms with van der Waals surface area (Å²) in [7, 11) is -3.80. The third kappa shape index (κ3) is 4.13. The Morgan fingerprint density at radius 1 is 0.967 bits per heavy atom. The Kier molecular flexibility index (Phi) is 5.41. The maximum absolute atomic E-state index is 13.1. The van der Waals surface area contributed by atoms with E-state index < -0.39 is 10.0 Å². The fourth-order valence-electron chi connectivity index (χ4n) is 3.02. The molecule has 0 radical (unpaired) electrons. The summed E-state index contributed by atoms with van der Waals surface area (Å²) in [5, 5.41) is 3.06. The molecule has 8 heteroatoms. The van der Waals surface area contributed by atoms with Crippen LogP contribution in [0.2, 0.25) is 0 Å². The van der Waals surface area contributed by atoms with Crippen LogP contribution in [0, 0.1) is 5.82 Å². The molecule has 0 unspecified atom stereocenters. The van der Waals surface area contributed by atoms with Gasteiger partial charge >= 0.3 is 0 Å². The summed E-state index contributed by atoms with van der Waals surface area (Å²) in [6, 6.07) is 17.7. The van der Waals surface area contributed by atoms with Crippen LogP contribution in [0.1, 0.15) is 18.1 Å². The minimum atomic E-state index is -3.80. The maximum atomic E-state index is 13.1. The minimum absolute atomic E-state index is 0.137. The minimum Gasteiger partial charge on any atom is -0.490 e. The van der Waals surface area contributed by atoms with Crippen LogP contribution in [0.3, 0.4) is 0 Å². The second-order valence-corrected chi connectivity index (χ2v) is 8.12. The van der Waals surface area contributed by atoms with E-state index in [2.05, 4.69) is 9.71 Å². The predicted molar refractivity (Wildman–Crippen MR) is 112 cm³/mol. The lowest BCUT2D eigenvalue weighted by Crippen LogP contribution is -2.22. The van der Waals surface area contributed by atoms with Gasteiger partial charge in [-0.3, -0.25) is 0 Å². The van der Waals surface area contributed by atoms with Gasteiger partial charge in [-0.05, 0) is 55.0 Å². The van der Waals surface area contributed by atoms with Gasteiger partial charge in [-0.25, -0.2) is 4.39 Å². The van der Waals surface area contributed by atoms with E-state index in [4.69, 9.17) is 9.47 Å². The zero-order chi connectivity index (χ0) is 21.1. The monoisotopic (exact) mass is 426 g/mol. The van der Waals surface area contributed by atoms with Crippen molar-refractivity contribution in [2.75, 3.05) is 11.9 Å². The first-order valence-corrected chi connectivity index (χ1v) is 10.8. The summed E-state index contributed by atoms with van der Waals surface area (Å²) in [6.07, 6.45) is 0. The van der Waals surface area contributed by atoms with Crippen LogP contribution < -0.4 is 14.8 Å². The largest absolute Gasteiger partial charge is 0.490 e. The van der Waals surface area contributed by atoms with Crippen LogP contribution in [0.15, 0.2) is 76.0 Å². The molecular formula is C22H19FN2O4S. The number of rotatable bonds is 6. The van der Waals surface area contributed by atoms with E-state index in [9.17, 15) is 12.8 Å². The highest BCUT2D eigenvalue weighted by molar-refractivity contribution is 7.90. The lowest BCUT2D eigenvalue weighted by Gasteiger charge is -2.19. The zero-order valence-corrected chi connectivity index (χ0v) is 16.9. The van der Waals surface area contributed by atoms with Gasteiger partial charge in [-0.1, -0.05) is 24.3 Å². The Morgan fingerprint density at radius 2 is 1.73 bits per heavy atom. The molecular weight excluding hydrogens is 407 g/mol. The maximum Gasteiger partial charge on any atom is 0.286 e. The molecule has 0 bridgehead atoms. The van der Waals surface area contributed by atoms with Crippen molar-refractivity contribution in [2.24, 2.45) is 4.40 Å². The fraction of sp³-hybridized carbons (Fsp3) is 0.136. The Morgan fingerprint density at radius 3 is 2.50 bits per heavy atom. The van der Waals surface area contributed by atoms with Crippen molar-refractivity contribution in [3.05, 3.63) is 83.7 Å². The predicted octanol–water partition coefficient (Wildman–Crippen LogP) is 4.36. The summed E-state index contributed by atoms with van der Waals surface area (Å²) in [5.41, 5.74) is 1.83. The molecule has 0 fully saturated rings. The van der Waals surface area contributed by atoms with Crippen LogP contribution >= 0.6 is 0 Å². The Bertz CT molecular complexity index is 1210. The number of anilines is 1. The molecule has 0 atom stereocenters. The lowest BCUT2D eigenvalue weighted by molar-refractivity contribution is 0.269. The van der Waals surface area contributed by atoms with Gasteiger partial charge in [0.05, 0.1) is 12.3 Å². The number of sulfonamides is 1. The molecule has 3 aromatic rings. The summed E-state index contributed by atoms with van der Waals surface area (Å²) in [5.74, 6) is 0.845. The van der Waals surface area contributed by atoms with Gasteiger partial charge in [-0.15, -0.1) is 4.40 Å². The van der Waals surface area contributed by atoms with Crippen LogP contribution in [0.25, 0.3) is 0 Å². The first-order chi connectivity index (χ1) is 14.5. The summed E-state index contributed by atoms with van der Waals surface area (Å²) >= 11 is 0. The molecule has 1 aliphatic heterocycles. The molecule has 0 amide bonds. The van der Waals surface area contributed by atoms with E-state index in [1.165, 1.54) is 18.2 Å². The molecule has 0 aromatic heterocycles. The molecule has 0 saturated carbocycles. The standard InChI is InChI=1S/C22H19FN2O4S/c1-2-28-20-13-16(9-12-19(20)29-14-15-7-10-17(23)11-8-15)22-24-18-5-3-4-6-21(18)30(26,27)25-22/h3-13H,2,14H2,1H3,(H,24,25). The highest BCUT2D eigenvalue weighted by Gasteiger charge is 2.25. The second kappa shape index (κ2) is 8.16. The van der Waals surface area contributed by atoms with Crippen LogP contribution in [0.4, 0.5) is 10.1 Å². The van der Waals surface area contributed by atoms with Crippen molar-refractivity contribution in [1.82, 2.24) is 0 Å². The third-order valence-corrected chi connectivity index (χ3v) is 5.79. The summed E-state index contributed by atoms with van der Waals surface area (Å²) < 4.78 is 53.5. The average molecular weight is 426 g/mol. The molecule has 1 N–H and O–H groups in total. The number of halogens is 1. The number of nitrogens with one attached hydrogen (secondary N) is 1. The number of amidine groups is 1. The summed E-state index contributed by atoms with van der Waals surface area (Å²) in [4.78, 5) is 0.137. The molecule has 0 saturated heterocycles. The first-order valence-electron chi connectivity index (χ1n) is 9.32. The smallest absolute Gasteiger partial charge is 0.286 e. The molecule has 3 aromatic carbocycles. The second-order valence-electron chi connectivity index (χ2n) is 6.55. The third-order valence-electron chi connectivity index (χ3n) is 4.45. The fourth-order valence-corrected chi connectivity index (χ4v) is 4.16. The normalized spacial score (nSPS) is 14.3. The number of hydrogen-bond acceptors (Lipinski definition) is 5. The molecule has 1 aliphatic rings.